The van der Waals surface area contributed by atoms with Gasteiger partial charge in [-0.05, 0) is 84.5 Å². The summed E-state index contributed by atoms with van der Waals surface area (Å²) >= 11 is 0. The van der Waals surface area contributed by atoms with Gasteiger partial charge in [-0.15, -0.1) is 0 Å². The van der Waals surface area contributed by atoms with Crippen LogP contribution in [0.5, 0.6) is 0 Å². The van der Waals surface area contributed by atoms with Gasteiger partial charge in [-0.2, -0.15) is 0 Å². The highest BCUT2D eigenvalue weighted by atomic mass is 14.9. The molecular formula is C43H27N3. The summed E-state index contributed by atoms with van der Waals surface area (Å²) in [4.78, 5) is 14.6. The van der Waals surface area contributed by atoms with Crippen molar-refractivity contribution in [1.29, 1.82) is 0 Å². The molecule has 0 atom stereocenters. The van der Waals surface area contributed by atoms with Crippen molar-refractivity contribution in [3.8, 4) is 45.0 Å². The number of fused-ring (bicyclic) bond motifs is 8. The number of nitrogens with zero attached hydrogens (tertiary/aromatic N) is 3. The molecule has 0 unspecified atom stereocenters. The maximum absolute atomic E-state index is 5.26. The van der Waals surface area contributed by atoms with Crippen molar-refractivity contribution in [3.63, 3.8) is 0 Å². The van der Waals surface area contributed by atoms with Crippen molar-refractivity contribution in [1.82, 2.24) is 15.0 Å². The van der Waals surface area contributed by atoms with E-state index in [1.165, 1.54) is 43.1 Å². The molecule has 0 spiro atoms. The molecule has 0 radical (unpaired) electrons. The molecule has 0 aliphatic carbocycles. The lowest BCUT2D eigenvalue weighted by Crippen LogP contribution is -1.97. The third kappa shape index (κ3) is 4.33. The second-order valence-corrected chi connectivity index (χ2v) is 11.6. The smallest absolute Gasteiger partial charge is 0.160 e. The van der Waals surface area contributed by atoms with Crippen molar-refractivity contribution in [3.05, 3.63) is 164 Å². The van der Waals surface area contributed by atoms with Crippen molar-refractivity contribution >= 4 is 43.1 Å². The topological polar surface area (TPSA) is 38.7 Å². The molecule has 7 aromatic carbocycles. The van der Waals surface area contributed by atoms with Gasteiger partial charge in [0, 0.05) is 29.1 Å². The van der Waals surface area contributed by atoms with Crippen molar-refractivity contribution in [2.45, 2.75) is 0 Å². The fourth-order valence-corrected chi connectivity index (χ4v) is 6.83. The monoisotopic (exact) mass is 585 g/mol. The maximum Gasteiger partial charge on any atom is 0.160 e. The van der Waals surface area contributed by atoms with Crippen LogP contribution in [0.25, 0.3) is 88.1 Å². The van der Waals surface area contributed by atoms with Gasteiger partial charge in [-0.3, -0.25) is 4.98 Å². The highest BCUT2D eigenvalue weighted by molar-refractivity contribution is 6.32. The van der Waals surface area contributed by atoms with Crippen LogP contribution in [0.4, 0.5) is 0 Å². The SMILES string of the molecule is c1ccc(-c2nc(-c3cccc(-c4ccncc4)c3)cc(-c3cc4c5ccccc5c5ccccc5c4c4ccccc34)n2)cc1. The van der Waals surface area contributed by atoms with Crippen LogP contribution < -0.4 is 0 Å². The van der Waals surface area contributed by atoms with Gasteiger partial charge in [0.1, 0.15) is 0 Å². The molecule has 0 aliphatic rings. The Morgan fingerprint density at radius 1 is 0.326 bits per heavy atom. The Labute approximate surface area is 266 Å². The zero-order valence-corrected chi connectivity index (χ0v) is 24.9. The number of hydrogen-bond donors (Lipinski definition) is 0. The number of aromatic nitrogens is 3. The molecule has 3 heteroatoms. The van der Waals surface area contributed by atoms with E-state index in [1.807, 2.05) is 42.7 Å². The van der Waals surface area contributed by atoms with Crippen LogP contribution in [-0.4, -0.2) is 15.0 Å². The third-order valence-corrected chi connectivity index (χ3v) is 8.95. The Balaban J connectivity index is 1.36. The molecule has 3 nitrogen and oxygen atoms in total. The van der Waals surface area contributed by atoms with E-state index in [-0.39, 0.29) is 0 Å². The number of benzene rings is 7. The Kier molecular flexibility index (Phi) is 6.14. The molecule has 0 amide bonds. The summed E-state index contributed by atoms with van der Waals surface area (Å²) < 4.78 is 0. The summed E-state index contributed by atoms with van der Waals surface area (Å²) in [7, 11) is 0. The number of rotatable bonds is 4. The van der Waals surface area contributed by atoms with E-state index in [0.29, 0.717) is 5.82 Å². The first-order chi connectivity index (χ1) is 22.8. The molecule has 0 fully saturated rings. The lowest BCUT2D eigenvalue weighted by molar-refractivity contribution is 1.19. The van der Waals surface area contributed by atoms with Crippen molar-refractivity contribution < 1.29 is 0 Å². The van der Waals surface area contributed by atoms with Crippen LogP contribution in [-0.2, 0) is 0 Å². The van der Waals surface area contributed by atoms with Gasteiger partial charge in [0.05, 0.1) is 11.4 Å². The molecule has 2 aromatic heterocycles. The Bertz CT molecular complexity index is 2570. The molecule has 0 saturated carbocycles. The first-order valence-electron chi connectivity index (χ1n) is 15.5. The van der Waals surface area contributed by atoms with E-state index in [9.17, 15) is 0 Å². The van der Waals surface area contributed by atoms with Crippen LogP contribution in [0.3, 0.4) is 0 Å². The summed E-state index contributed by atoms with van der Waals surface area (Å²) in [6, 6.07) is 53.6. The fourth-order valence-electron chi connectivity index (χ4n) is 6.83. The Morgan fingerprint density at radius 2 is 0.870 bits per heavy atom. The van der Waals surface area contributed by atoms with Gasteiger partial charge in [0.25, 0.3) is 0 Å². The van der Waals surface area contributed by atoms with Gasteiger partial charge >= 0.3 is 0 Å². The average molecular weight is 586 g/mol. The van der Waals surface area contributed by atoms with Crippen LogP contribution in [0.2, 0.25) is 0 Å². The predicted octanol–water partition coefficient (Wildman–Crippen LogP) is 11.2. The summed E-state index contributed by atoms with van der Waals surface area (Å²) in [5, 5.41) is 9.93. The van der Waals surface area contributed by atoms with E-state index in [1.54, 1.807) is 0 Å². The van der Waals surface area contributed by atoms with Gasteiger partial charge < -0.3 is 0 Å². The quantitative estimate of drug-likeness (QED) is 0.193. The first-order valence-corrected chi connectivity index (χ1v) is 15.5. The average Bonchev–Trinajstić information content (AvgIpc) is 3.15. The van der Waals surface area contributed by atoms with Crippen LogP contribution in [0.15, 0.2) is 164 Å². The molecule has 0 bridgehead atoms. The third-order valence-electron chi connectivity index (χ3n) is 8.95. The highest BCUT2D eigenvalue weighted by Crippen LogP contribution is 2.43. The zero-order chi connectivity index (χ0) is 30.5. The highest BCUT2D eigenvalue weighted by Gasteiger charge is 2.18. The molecule has 9 rings (SSSR count). The van der Waals surface area contributed by atoms with Crippen LogP contribution in [0, 0.1) is 0 Å². The molecule has 0 saturated heterocycles. The molecule has 9 aromatic rings. The number of hydrogen-bond acceptors (Lipinski definition) is 3. The second kappa shape index (κ2) is 10.8. The van der Waals surface area contributed by atoms with Crippen molar-refractivity contribution in [2.75, 3.05) is 0 Å². The van der Waals surface area contributed by atoms with E-state index in [0.717, 1.165) is 39.2 Å². The summed E-state index contributed by atoms with van der Waals surface area (Å²) in [6.07, 6.45) is 3.66. The van der Waals surface area contributed by atoms with Crippen molar-refractivity contribution in [2.24, 2.45) is 0 Å². The van der Waals surface area contributed by atoms with Gasteiger partial charge in [-0.1, -0.05) is 121 Å². The predicted molar refractivity (Wildman–Crippen MR) is 192 cm³/mol. The fraction of sp³-hybridized carbons (Fsp3) is 0. The minimum Gasteiger partial charge on any atom is -0.265 e. The summed E-state index contributed by atoms with van der Waals surface area (Å²) in [6.45, 7) is 0. The molecule has 0 aliphatic heterocycles. The van der Waals surface area contributed by atoms with Crippen LogP contribution in [0.1, 0.15) is 0 Å². The lowest BCUT2D eigenvalue weighted by atomic mass is 9.88. The first kappa shape index (κ1) is 26.2. The Morgan fingerprint density at radius 3 is 1.61 bits per heavy atom. The van der Waals surface area contributed by atoms with E-state index in [4.69, 9.17) is 9.97 Å². The van der Waals surface area contributed by atoms with E-state index in [2.05, 4.69) is 126 Å². The van der Waals surface area contributed by atoms with E-state index < -0.39 is 0 Å². The zero-order valence-electron chi connectivity index (χ0n) is 24.9. The molecule has 0 N–H and O–H groups in total. The number of pyridine rings is 1. The summed E-state index contributed by atoms with van der Waals surface area (Å²) in [5.41, 5.74) is 7.13. The minimum atomic E-state index is 0.704. The van der Waals surface area contributed by atoms with Crippen LogP contribution >= 0.6 is 0 Å². The summed E-state index contributed by atoms with van der Waals surface area (Å²) in [5.74, 6) is 0.704. The van der Waals surface area contributed by atoms with Gasteiger partial charge in [0.2, 0.25) is 0 Å². The lowest BCUT2D eigenvalue weighted by Gasteiger charge is -2.17. The second-order valence-electron chi connectivity index (χ2n) is 11.6. The minimum absolute atomic E-state index is 0.704. The molecule has 2 heterocycles. The van der Waals surface area contributed by atoms with E-state index >= 15 is 0 Å². The molecule has 46 heavy (non-hydrogen) atoms. The largest absolute Gasteiger partial charge is 0.265 e. The normalized spacial score (nSPS) is 11.5. The van der Waals surface area contributed by atoms with Gasteiger partial charge in [0.15, 0.2) is 5.82 Å². The molecular weight excluding hydrogens is 558 g/mol. The molecule has 214 valence electrons. The maximum atomic E-state index is 5.26. The standard InChI is InChI=1S/C43H27N3/c1-2-11-29(12-3-1)43-45-40(31-14-10-13-30(25-31)28-21-23-44-24-22-28)27-41(46-43)38-26-39-34-17-5-4-15-32(34)33-16-6-8-19-36(33)42(39)37-20-9-7-18-35(37)38/h1-27H. The van der Waals surface area contributed by atoms with Gasteiger partial charge in [-0.25, -0.2) is 9.97 Å². The Hall–Kier alpha value is -6.19.